The third-order valence-corrected chi connectivity index (χ3v) is 4.64. The Morgan fingerprint density at radius 3 is 2.50 bits per heavy atom. The van der Waals surface area contributed by atoms with Gasteiger partial charge in [-0.05, 0) is 81.0 Å². The molecule has 1 amide bonds. The molecule has 3 nitrogen and oxygen atoms in total. The second-order valence-electron chi connectivity index (χ2n) is 6.59. The molecule has 0 bridgehead atoms. The van der Waals surface area contributed by atoms with Crippen LogP contribution in [0.3, 0.4) is 0 Å². The molecule has 0 unspecified atom stereocenters. The van der Waals surface area contributed by atoms with Gasteiger partial charge in [-0.25, -0.2) is 0 Å². The molecule has 1 saturated heterocycles. The van der Waals surface area contributed by atoms with E-state index in [1.165, 1.54) is 19.3 Å². The molecule has 0 spiro atoms. The van der Waals surface area contributed by atoms with E-state index < -0.39 is 0 Å². The van der Waals surface area contributed by atoms with Crippen molar-refractivity contribution in [3.63, 3.8) is 0 Å². The summed E-state index contributed by atoms with van der Waals surface area (Å²) in [6.45, 7) is 12.0. The van der Waals surface area contributed by atoms with Crippen LogP contribution < -0.4 is 10.2 Å². The number of carbonyl (C=O) groups is 1. The molecule has 3 rings (SSSR count). The van der Waals surface area contributed by atoms with Gasteiger partial charge in [0.15, 0.2) is 0 Å². The number of piperidine rings is 1. The normalized spacial score (nSPS) is 14.5. The predicted octanol–water partition coefficient (Wildman–Crippen LogP) is 4.61. The molecule has 0 atom stereocenters. The zero-order valence-electron chi connectivity index (χ0n) is 14.4. The summed E-state index contributed by atoms with van der Waals surface area (Å²) in [5.41, 5.74) is 5.33. The second kappa shape index (κ2) is 7.08. The highest BCUT2D eigenvalue weighted by atomic mass is 16.1. The Hall–Kier alpha value is -2.29. The maximum Gasteiger partial charge on any atom is 0.255 e. The highest BCUT2D eigenvalue weighted by molar-refractivity contribution is 6.06. The minimum absolute atomic E-state index is 0.120. The molecular formula is C21H24N2O. The summed E-state index contributed by atoms with van der Waals surface area (Å²) in [6.07, 6.45) is 3.69. The molecular weight excluding hydrogens is 296 g/mol. The number of nitrogens with zero attached hydrogens (tertiary/aromatic N) is 1. The summed E-state index contributed by atoms with van der Waals surface area (Å²) >= 11 is 0. The molecule has 1 fully saturated rings. The number of nitrogens with one attached hydrogen (secondary N) is 1. The Bertz CT molecular complexity index is 745. The van der Waals surface area contributed by atoms with E-state index >= 15 is 0 Å². The number of aryl methyl sites for hydroxylation is 2. The summed E-state index contributed by atoms with van der Waals surface area (Å²) < 4.78 is 0. The zero-order chi connectivity index (χ0) is 17.1. The van der Waals surface area contributed by atoms with E-state index in [1.54, 1.807) is 6.07 Å². The number of hydrogen-bond donors (Lipinski definition) is 1. The third-order valence-electron chi connectivity index (χ3n) is 4.64. The van der Waals surface area contributed by atoms with Gasteiger partial charge in [0, 0.05) is 18.7 Å². The highest BCUT2D eigenvalue weighted by Gasteiger charge is 2.16. The Labute approximate surface area is 144 Å². The fourth-order valence-corrected chi connectivity index (χ4v) is 3.14. The molecule has 0 aromatic heterocycles. The van der Waals surface area contributed by atoms with Crippen LogP contribution in [0.25, 0.3) is 0 Å². The first-order chi connectivity index (χ1) is 11.5. The lowest BCUT2D eigenvalue weighted by Gasteiger charge is -2.30. The minimum Gasteiger partial charge on any atom is -0.370 e. The van der Waals surface area contributed by atoms with Crippen LogP contribution in [0.1, 0.15) is 46.3 Å². The monoisotopic (exact) mass is 320 g/mol. The van der Waals surface area contributed by atoms with Crippen LogP contribution in [0.4, 0.5) is 11.4 Å². The van der Waals surface area contributed by atoms with E-state index in [-0.39, 0.29) is 5.91 Å². The van der Waals surface area contributed by atoms with Crippen LogP contribution in [-0.4, -0.2) is 19.0 Å². The number of rotatable bonds is 3. The van der Waals surface area contributed by atoms with Gasteiger partial charge in [0.2, 0.25) is 0 Å². The summed E-state index contributed by atoms with van der Waals surface area (Å²) in [7, 11) is 0. The van der Waals surface area contributed by atoms with Crippen LogP contribution in [0, 0.1) is 20.8 Å². The Balaban J connectivity index is 1.86. The Morgan fingerprint density at radius 1 is 1.04 bits per heavy atom. The first kappa shape index (κ1) is 16.6. The van der Waals surface area contributed by atoms with E-state index in [4.69, 9.17) is 6.92 Å². The molecule has 2 aromatic rings. The molecule has 1 N–H and O–H groups in total. The largest absolute Gasteiger partial charge is 0.370 e. The van der Waals surface area contributed by atoms with E-state index in [2.05, 4.69) is 22.3 Å². The standard InChI is InChI=1S/C21H24N2O/c1-15-7-10-20(23-11-5-4-6-12-23)19(13-15)22-21(24)18-9-8-16(2)17(3)14-18/h3,7-10,13-14H,4-6,11-12H2,1-2H3,(H,22,24). The quantitative estimate of drug-likeness (QED) is 0.896. The van der Waals surface area contributed by atoms with Crippen molar-refractivity contribution in [3.8, 4) is 0 Å². The fourth-order valence-electron chi connectivity index (χ4n) is 3.14. The number of benzene rings is 2. The predicted molar refractivity (Wildman–Crippen MR) is 99.8 cm³/mol. The summed E-state index contributed by atoms with van der Waals surface area (Å²) in [6, 6.07) is 11.7. The van der Waals surface area contributed by atoms with Crippen molar-refractivity contribution in [1.29, 1.82) is 0 Å². The van der Waals surface area contributed by atoms with Gasteiger partial charge in [0.1, 0.15) is 0 Å². The highest BCUT2D eigenvalue weighted by Crippen LogP contribution is 2.30. The fraction of sp³-hybridized carbons (Fsp3) is 0.333. The van der Waals surface area contributed by atoms with Gasteiger partial charge < -0.3 is 10.2 Å². The van der Waals surface area contributed by atoms with Crippen LogP contribution in [-0.2, 0) is 0 Å². The number of hydrogen-bond acceptors (Lipinski definition) is 2. The van der Waals surface area contributed by atoms with Crippen LogP contribution in [0.15, 0.2) is 36.4 Å². The van der Waals surface area contributed by atoms with Crippen molar-refractivity contribution in [2.45, 2.75) is 33.1 Å². The lowest BCUT2D eigenvalue weighted by atomic mass is 10.1. The summed E-state index contributed by atoms with van der Waals surface area (Å²) in [5.74, 6) is -0.120. The van der Waals surface area contributed by atoms with Crippen molar-refractivity contribution in [2.75, 3.05) is 23.3 Å². The lowest BCUT2D eigenvalue weighted by Crippen LogP contribution is -2.30. The Kier molecular flexibility index (Phi) is 4.89. The molecule has 2 aromatic carbocycles. The van der Waals surface area contributed by atoms with Crippen molar-refractivity contribution in [3.05, 3.63) is 65.6 Å². The second-order valence-corrected chi connectivity index (χ2v) is 6.59. The summed E-state index contributed by atoms with van der Waals surface area (Å²) in [5, 5.41) is 3.08. The van der Waals surface area contributed by atoms with Gasteiger partial charge in [-0.3, -0.25) is 4.79 Å². The maximum absolute atomic E-state index is 12.6. The molecule has 1 heterocycles. The van der Waals surface area contributed by atoms with Gasteiger partial charge in [-0.1, -0.05) is 12.1 Å². The van der Waals surface area contributed by atoms with Gasteiger partial charge in [-0.2, -0.15) is 0 Å². The molecule has 124 valence electrons. The van der Waals surface area contributed by atoms with Crippen LogP contribution in [0.5, 0.6) is 0 Å². The van der Waals surface area contributed by atoms with Crippen molar-refractivity contribution in [1.82, 2.24) is 0 Å². The molecule has 2 radical (unpaired) electrons. The number of amides is 1. The van der Waals surface area contributed by atoms with E-state index in [1.807, 2.05) is 32.0 Å². The van der Waals surface area contributed by atoms with Crippen molar-refractivity contribution < 1.29 is 4.79 Å². The topological polar surface area (TPSA) is 32.3 Å². The SMILES string of the molecule is [CH]c1cc(C(=O)Nc2cc(C)ccc2N2CCCCC2)ccc1C. The van der Waals surface area contributed by atoms with E-state index in [0.29, 0.717) is 11.1 Å². The molecule has 0 saturated carbocycles. The van der Waals surface area contributed by atoms with E-state index in [0.717, 1.165) is 35.6 Å². The van der Waals surface area contributed by atoms with Crippen molar-refractivity contribution >= 4 is 17.3 Å². The zero-order valence-corrected chi connectivity index (χ0v) is 14.4. The smallest absolute Gasteiger partial charge is 0.255 e. The van der Waals surface area contributed by atoms with Crippen LogP contribution >= 0.6 is 0 Å². The summed E-state index contributed by atoms with van der Waals surface area (Å²) in [4.78, 5) is 15.0. The van der Waals surface area contributed by atoms with E-state index in [9.17, 15) is 4.79 Å². The van der Waals surface area contributed by atoms with Gasteiger partial charge in [0.25, 0.3) is 5.91 Å². The lowest BCUT2D eigenvalue weighted by molar-refractivity contribution is 0.102. The third kappa shape index (κ3) is 3.61. The first-order valence-corrected chi connectivity index (χ1v) is 8.57. The molecule has 1 aliphatic heterocycles. The number of anilines is 2. The average Bonchev–Trinajstić information content (AvgIpc) is 2.58. The molecule has 24 heavy (non-hydrogen) atoms. The van der Waals surface area contributed by atoms with Gasteiger partial charge in [-0.15, -0.1) is 0 Å². The van der Waals surface area contributed by atoms with Gasteiger partial charge >= 0.3 is 0 Å². The molecule has 1 aliphatic rings. The Morgan fingerprint density at radius 2 is 1.79 bits per heavy atom. The average molecular weight is 320 g/mol. The maximum atomic E-state index is 12.6. The first-order valence-electron chi connectivity index (χ1n) is 8.57. The minimum atomic E-state index is -0.120. The van der Waals surface area contributed by atoms with Gasteiger partial charge in [0.05, 0.1) is 11.4 Å². The molecule has 0 aliphatic carbocycles. The van der Waals surface area contributed by atoms with Crippen LogP contribution in [0.2, 0.25) is 0 Å². The number of carbonyl (C=O) groups excluding carboxylic acids is 1. The van der Waals surface area contributed by atoms with Crippen molar-refractivity contribution in [2.24, 2.45) is 0 Å². The molecule has 3 heteroatoms.